The fourth-order valence-electron chi connectivity index (χ4n) is 2.86. The normalized spacial score (nSPS) is 16.7. The largest absolute Gasteiger partial charge is 0.317 e. The van der Waals surface area contributed by atoms with Crippen LogP contribution >= 0.6 is 11.6 Å². The quantitative estimate of drug-likeness (QED) is 0.806. The molecular formula is C14H16ClN3O2. The third kappa shape index (κ3) is 2.07. The first-order chi connectivity index (χ1) is 9.59. The molecule has 20 heavy (non-hydrogen) atoms. The minimum atomic E-state index is -0.502. The maximum Gasteiger partial charge on any atom is 0.317 e. The Kier molecular flexibility index (Phi) is 3.40. The Bertz CT molecular complexity index is 772. The molecule has 2 heterocycles. The van der Waals surface area contributed by atoms with Gasteiger partial charge >= 0.3 is 11.1 Å². The second kappa shape index (κ2) is 5.07. The molecular weight excluding hydrogens is 278 g/mol. The van der Waals surface area contributed by atoms with Gasteiger partial charge in [-0.1, -0.05) is 11.6 Å². The summed E-state index contributed by atoms with van der Waals surface area (Å²) in [6.07, 6.45) is 1.70. The Labute approximate surface area is 120 Å². The molecule has 0 unspecified atom stereocenters. The van der Waals surface area contributed by atoms with E-state index in [2.05, 4.69) is 5.32 Å². The zero-order chi connectivity index (χ0) is 14.3. The van der Waals surface area contributed by atoms with Crippen LogP contribution in [-0.2, 0) is 7.05 Å². The Morgan fingerprint density at radius 1 is 1.15 bits per heavy atom. The van der Waals surface area contributed by atoms with Crippen LogP contribution in [-0.4, -0.2) is 22.2 Å². The monoisotopic (exact) mass is 293 g/mol. The molecule has 106 valence electrons. The lowest BCUT2D eigenvalue weighted by atomic mass is 10.1. The molecule has 0 spiro atoms. The van der Waals surface area contributed by atoms with Crippen LogP contribution < -0.4 is 16.4 Å². The molecule has 1 aliphatic rings. The van der Waals surface area contributed by atoms with Gasteiger partial charge in [0.15, 0.2) is 0 Å². The molecule has 5 nitrogen and oxygen atoms in total. The number of aryl methyl sites for hydroxylation is 1. The van der Waals surface area contributed by atoms with Crippen molar-refractivity contribution in [3.63, 3.8) is 0 Å². The molecule has 1 fully saturated rings. The maximum atomic E-state index is 12.4. The zero-order valence-electron chi connectivity index (χ0n) is 11.2. The average Bonchev–Trinajstić information content (AvgIpc) is 2.47. The zero-order valence-corrected chi connectivity index (χ0v) is 12.0. The van der Waals surface area contributed by atoms with Crippen LogP contribution in [0.25, 0.3) is 11.0 Å². The predicted octanol–water partition coefficient (Wildman–Crippen LogP) is 1.28. The maximum absolute atomic E-state index is 12.4. The molecule has 0 atom stereocenters. The van der Waals surface area contributed by atoms with Crippen LogP contribution in [0.15, 0.2) is 27.8 Å². The van der Waals surface area contributed by atoms with Crippen molar-refractivity contribution in [3.8, 4) is 0 Å². The first kappa shape index (κ1) is 13.4. The highest BCUT2D eigenvalue weighted by Gasteiger charge is 2.20. The van der Waals surface area contributed by atoms with Gasteiger partial charge in [-0.25, -0.2) is 0 Å². The van der Waals surface area contributed by atoms with E-state index in [1.54, 1.807) is 23.7 Å². The number of nitrogens with zero attached hydrogens (tertiary/aromatic N) is 2. The second-order valence-electron chi connectivity index (χ2n) is 5.15. The second-order valence-corrected chi connectivity index (χ2v) is 5.59. The Balaban J connectivity index is 2.35. The summed E-state index contributed by atoms with van der Waals surface area (Å²) in [5, 5.41) is 3.83. The lowest BCUT2D eigenvalue weighted by molar-refractivity contribution is 0.366. The van der Waals surface area contributed by atoms with Crippen molar-refractivity contribution < 1.29 is 0 Å². The number of hydrogen-bond donors (Lipinski definition) is 1. The first-order valence-electron chi connectivity index (χ1n) is 6.71. The number of nitrogens with one attached hydrogen (secondary N) is 1. The number of hydrogen-bond acceptors (Lipinski definition) is 3. The fraction of sp³-hybridized carbons (Fsp3) is 0.429. The molecule has 0 amide bonds. The van der Waals surface area contributed by atoms with Crippen molar-refractivity contribution in [3.05, 3.63) is 43.9 Å². The summed E-state index contributed by atoms with van der Waals surface area (Å²) in [4.78, 5) is 24.5. The SMILES string of the molecule is Cn1c(=O)c(=O)n(C2CCNCC2)c2ccc(Cl)cc21. The van der Waals surface area contributed by atoms with Gasteiger partial charge in [0.2, 0.25) is 0 Å². The lowest BCUT2D eigenvalue weighted by Gasteiger charge is -2.26. The minimum absolute atomic E-state index is 0.0707. The van der Waals surface area contributed by atoms with Crippen molar-refractivity contribution in [2.24, 2.45) is 7.05 Å². The van der Waals surface area contributed by atoms with Crippen molar-refractivity contribution in [1.82, 2.24) is 14.5 Å². The number of rotatable bonds is 1. The highest BCUT2D eigenvalue weighted by Crippen LogP contribution is 2.23. The Morgan fingerprint density at radius 2 is 1.85 bits per heavy atom. The number of aromatic nitrogens is 2. The van der Waals surface area contributed by atoms with E-state index >= 15 is 0 Å². The molecule has 0 bridgehead atoms. The summed E-state index contributed by atoms with van der Waals surface area (Å²) in [6, 6.07) is 5.38. The van der Waals surface area contributed by atoms with Crippen LogP contribution in [0.2, 0.25) is 5.02 Å². The summed E-state index contributed by atoms with van der Waals surface area (Å²) in [6.45, 7) is 1.72. The van der Waals surface area contributed by atoms with E-state index in [1.165, 1.54) is 4.57 Å². The van der Waals surface area contributed by atoms with Crippen LogP contribution in [0.4, 0.5) is 0 Å². The summed E-state index contributed by atoms with van der Waals surface area (Å²) < 4.78 is 3.02. The molecule has 1 saturated heterocycles. The van der Waals surface area contributed by atoms with E-state index < -0.39 is 11.1 Å². The third-order valence-corrected chi connectivity index (χ3v) is 4.17. The molecule has 1 N–H and O–H groups in total. The topological polar surface area (TPSA) is 56.0 Å². The third-order valence-electron chi connectivity index (χ3n) is 3.94. The molecule has 3 rings (SSSR count). The fourth-order valence-corrected chi connectivity index (χ4v) is 3.03. The highest BCUT2D eigenvalue weighted by atomic mass is 35.5. The highest BCUT2D eigenvalue weighted by molar-refractivity contribution is 6.31. The standard InChI is InChI=1S/C14H16ClN3O2/c1-17-12-8-9(15)2-3-11(12)18(14(20)13(17)19)10-4-6-16-7-5-10/h2-3,8,10,16H,4-7H2,1H3. The molecule has 0 radical (unpaired) electrons. The van der Waals surface area contributed by atoms with Crippen LogP contribution in [0.3, 0.4) is 0 Å². The van der Waals surface area contributed by atoms with Crippen molar-refractivity contribution in [2.75, 3.05) is 13.1 Å². The van der Waals surface area contributed by atoms with Gasteiger partial charge in [-0.3, -0.25) is 14.2 Å². The molecule has 2 aromatic rings. The van der Waals surface area contributed by atoms with E-state index in [-0.39, 0.29) is 6.04 Å². The number of fused-ring (bicyclic) bond motifs is 1. The molecule has 1 aromatic heterocycles. The van der Waals surface area contributed by atoms with Gasteiger partial charge in [-0.05, 0) is 44.1 Å². The van der Waals surface area contributed by atoms with E-state index in [9.17, 15) is 9.59 Å². The number of halogens is 1. The predicted molar refractivity (Wildman–Crippen MR) is 79.6 cm³/mol. The van der Waals surface area contributed by atoms with Gasteiger partial charge in [0.1, 0.15) is 0 Å². The first-order valence-corrected chi connectivity index (χ1v) is 7.09. The van der Waals surface area contributed by atoms with Crippen molar-refractivity contribution in [1.29, 1.82) is 0 Å². The van der Waals surface area contributed by atoms with E-state index in [0.717, 1.165) is 31.4 Å². The minimum Gasteiger partial charge on any atom is -0.317 e. The lowest BCUT2D eigenvalue weighted by Crippen LogP contribution is -2.44. The molecule has 0 saturated carbocycles. The van der Waals surface area contributed by atoms with E-state index in [0.29, 0.717) is 10.5 Å². The average molecular weight is 294 g/mol. The van der Waals surface area contributed by atoms with Gasteiger partial charge in [-0.2, -0.15) is 0 Å². The number of piperidine rings is 1. The van der Waals surface area contributed by atoms with Crippen LogP contribution in [0, 0.1) is 0 Å². The van der Waals surface area contributed by atoms with Crippen LogP contribution in [0.1, 0.15) is 18.9 Å². The Morgan fingerprint density at radius 3 is 2.55 bits per heavy atom. The number of benzene rings is 1. The summed E-state index contributed by atoms with van der Waals surface area (Å²) >= 11 is 6.01. The van der Waals surface area contributed by atoms with Crippen molar-refractivity contribution in [2.45, 2.75) is 18.9 Å². The summed E-state index contributed by atoms with van der Waals surface area (Å²) in [5.41, 5.74) is 0.515. The molecule has 0 aliphatic carbocycles. The molecule has 1 aliphatic heterocycles. The smallest absolute Gasteiger partial charge is 0.317 e. The molecule has 6 heteroatoms. The van der Waals surface area contributed by atoms with E-state index in [4.69, 9.17) is 11.6 Å². The van der Waals surface area contributed by atoms with E-state index in [1.807, 2.05) is 6.07 Å². The van der Waals surface area contributed by atoms with Crippen LogP contribution in [0.5, 0.6) is 0 Å². The van der Waals surface area contributed by atoms with Gasteiger partial charge in [0.05, 0.1) is 11.0 Å². The Hall–Kier alpha value is -1.59. The molecule has 1 aromatic carbocycles. The van der Waals surface area contributed by atoms with Gasteiger partial charge < -0.3 is 9.88 Å². The van der Waals surface area contributed by atoms with Gasteiger partial charge in [0.25, 0.3) is 0 Å². The van der Waals surface area contributed by atoms with Gasteiger partial charge in [0, 0.05) is 18.1 Å². The van der Waals surface area contributed by atoms with Gasteiger partial charge in [-0.15, -0.1) is 0 Å². The summed E-state index contributed by atoms with van der Waals surface area (Å²) in [5.74, 6) is 0. The van der Waals surface area contributed by atoms with Crippen molar-refractivity contribution >= 4 is 22.6 Å². The summed E-state index contributed by atoms with van der Waals surface area (Å²) in [7, 11) is 1.61.